The van der Waals surface area contributed by atoms with Gasteiger partial charge in [0.25, 0.3) is 5.91 Å². The maximum absolute atomic E-state index is 12.6. The largest absolute Gasteiger partial charge is 0.507 e. The molecule has 6 nitrogen and oxygen atoms in total. The van der Waals surface area contributed by atoms with Gasteiger partial charge in [-0.25, -0.2) is 0 Å². The van der Waals surface area contributed by atoms with Crippen molar-refractivity contribution in [1.82, 2.24) is 15.1 Å². The van der Waals surface area contributed by atoms with Crippen molar-refractivity contribution in [2.45, 2.75) is 18.9 Å². The van der Waals surface area contributed by atoms with Crippen LogP contribution in [0.25, 0.3) is 0 Å². The Kier molecular flexibility index (Phi) is 5.18. The van der Waals surface area contributed by atoms with Crippen molar-refractivity contribution in [3.05, 3.63) is 27.7 Å². The average molecular weight is 372 g/mol. The van der Waals surface area contributed by atoms with Crippen LogP contribution in [-0.2, 0) is 4.79 Å². The number of carbonyl (C=O) groups is 2. The van der Waals surface area contributed by atoms with Crippen molar-refractivity contribution in [3.8, 4) is 5.75 Å². The van der Waals surface area contributed by atoms with Gasteiger partial charge in [-0.3, -0.25) is 14.5 Å². The topological polar surface area (TPSA) is 72.9 Å². The summed E-state index contributed by atoms with van der Waals surface area (Å²) in [5.41, 5.74) is 0.0704. The van der Waals surface area contributed by atoms with E-state index in [0.717, 1.165) is 12.8 Å². The Morgan fingerprint density at radius 3 is 2.42 bits per heavy atom. The summed E-state index contributed by atoms with van der Waals surface area (Å²) in [6.45, 7) is 2.53. The van der Waals surface area contributed by atoms with E-state index in [4.69, 9.17) is 23.2 Å². The number of phenolic OH excluding ortho intramolecular Hbond substituents is 1. The average Bonchev–Trinajstić information content (AvgIpc) is 3.30. The van der Waals surface area contributed by atoms with E-state index in [1.807, 2.05) is 4.90 Å². The third kappa shape index (κ3) is 4.12. The number of amides is 2. The van der Waals surface area contributed by atoms with E-state index in [-0.39, 0.29) is 33.2 Å². The van der Waals surface area contributed by atoms with Crippen molar-refractivity contribution in [2.24, 2.45) is 0 Å². The smallest absolute Gasteiger partial charge is 0.259 e. The lowest BCUT2D eigenvalue weighted by molar-refractivity contribution is -0.122. The first-order valence-electron chi connectivity index (χ1n) is 7.93. The van der Waals surface area contributed by atoms with Crippen LogP contribution in [0.15, 0.2) is 12.1 Å². The van der Waals surface area contributed by atoms with Crippen molar-refractivity contribution < 1.29 is 14.7 Å². The predicted molar refractivity (Wildman–Crippen MR) is 91.6 cm³/mol. The Hall–Kier alpha value is -1.50. The summed E-state index contributed by atoms with van der Waals surface area (Å²) in [4.78, 5) is 28.0. The number of benzene rings is 1. The molecule has 1 saturated heterocycles. The summed E-state index contributed by atoms with van der Waals surface area (Å²) in [5.74, 6) is -0.504. The zero-order chi connectivity index (χ0) is 17.3. The summed E-state index contributed by atoms with van der Waals surface area (Å²) in [5, 5.41) is 13.3. The molecule has 2 amide bonds. The number of phenols is 1. The van der Waals surface area contributed by atoms with Gasteiger partial charge in [0, 0.05) is 37.2 Å². The zero-order valence-electron chi connectivity index (χ0n) is 13.1. The lowest BCUT2D eigenvalue weighted by Gasteiger charge is -2.34. The van der Waals surface area contributed by atoms with E-state index in [1.165, 1.54) is 12.1 Å². The van der Waals surface area contributed by atoms with Crippen LogP contribution < -0.4 is 5.32 Å². The fraction of sp³-hybridized carbons (Fsp3) is 0.500. The summed E-state index contributed by atoms with van der Waals surface area (Å²) >= 11 is 11.9. The molecular weight excluding hydrogens is 353 g/mol. The molecule has 1 aliphatic carbocycles. The van der Waals surface area contributed by atoms with Crippen LogP contribution in [-0.4, -0.2) is 65.5 Å². The summed E-state index contributed by atoms with van der Waals surface area (Å²) < 4.78 is 0. The first-order valence-corrected chi connectivity index (χ1v) is 8.68. The Labute approximate surface area is 150 Å². The maximum Gasteiger partial charge on any atom is 0.259 e. The van der Waals surface area contributed by atoms with Gasteiger partial charge in [0.1, 0.15) is 5.75 Å². The lowest BCUT2D eigenvalue weighted by atomic mass is 10.1. The van der Waals surface area contributed by atoms with Crippen LogP contribution in [0.2, 0.25) is 10.0 Å². The molecule has 1 heterocycles. The van der Waals surface area contributed by atoms with Gasteiger partial charge in [-0.1, -0.05) is 23.2 Å². The molecule has 8 heteroatoms. The SMILES string of the molecule is O=C(CN1CCN(C(=O)c2c(O)cc(Cl)cc2Cl)CC1)NC1CC1. The summed E-state index contributed by atoms with van der Waals surface area (Å²) in [7, 11) is 0. The number of nitrogens with one attached hydrogen (secondary N) is 1. The molecule has 0 spiro atoms. The van der Waals surface area contributed by atoms with Crippen LogP contribution in [0, 0.1) is 0 Å². The number of carbonyl (C=O) groups excluding carboxylic acids is 2. The number of halogens is 2. The van der Waals surface area contributed by atoms with Gasteiger partial charge < -0.3 is 15.3 Å². The molecule has 2 aliphatic rings. The van der Waals surface area contributed by atoms with Gasteiger partial charge >= 0.3 is 0 Å². The van der Waals surface area contributed by atoms with Gasteiger partial charge in [-0.2, -0.15) is 0 Å². The first kappa shape index (κ1) is 17.3. The monoisotopic (exact) mass is 371 g/mol. The van der Waals surface area contributed by atoms with E-state index in [2.05, 4.69) is 5.32 Å². The molecule has 0 bridgehead atoms. The second kappa shape index (κ2) is 7.17. The third-order valence-electron chi connectivity index (χ3n) is 4.22. The van der Waals surface area contributed by atoms with Crippen LogP contribution in [0.3, 0.4) is 0 Å². The molecule has 0 aromatic heterocycles. The molecule has 1 saturated carbocycles. The van der Waals surface area contributed by atoms with Crippen LogP contribution in [0.4, 0.5) is 0 Å². The molecule has 1 aromatic rings. The molecule has 130 valence electrons. The van der Waals surface area contributed by atoms with Crippen molar-refractivity contribution >= 4 is 35.0 Å². The molecule has 0 unspecified atom stereocenters. The number of piperazine rings is 1. The fourth-order valence-corrected chi connectivity index (χ4v) is 3.31. The van der Waals surface area contributed by atoms with Crippen molar-refractivity contribution in [2.75, 3.05) is 32.7 Å². The number of hydrogen-bond acceptors (Lipinski definition) is 4. The van der Waals surface area contributed by atoms with E-state index in [9.17, 15) is 14.7 Å². The Balaban J connectivity index is 1.56. The molecule has 0 radical (unpaired) electrons. The van der Waals surface area contributed by atoms with Gasteiger partial charge in [-0.05, 0) is 25.0 Å². The van der Waals surface area contributed by atoms with Gasteiger partial charge in [-0.15, -0.1) is 0 Å². The normalized spacial score (nSPS) is 18.5. The highest BCUT2D eigenvalue weighted by Gasteiger charge is 2.28. The van der Waals surface area contributed by atoms with Crippen molar-refractivity contribution in [1.29, 1.82) is 0 Å². The highest BCUT2D eigenvalue weighted by molar-refractivity contribution is 6.37. The highest BCUT2D eigenvalue weighted by atomic mass is 35.5. The molecule has 2 N–H and O–H groups in total. The molecule has 2 fully saturated rings. The number of hydrogen-bond donors (Lipinski definition) is 2. The second-order valence-electron chi connectivity index (χ2n) is 6.19. The molecule has 24 heavy (non-hydrogen) atoms. The number of aromatic hydroxyl groups is 1. The minimum absolute atomic E-state index is 0.0377. The van der Waals surface area contributed by atoms with Gasteiger partial charge in [0.15, 0.2) is 0 Å². The maximum atomic E-state index is 12.6. The van der Waals surface area contributed by atoms with Crippen LogP contribution >= 0.6 is 23.2 Å². The fourth-order valence-electron chi connectivity index (χ4n) is 2.74. The second-order valence-corrected chi connectivity index (χ2v) is 7.04. The van der Waals surface area contributed by atoms with Gasteiger partial charge in [0.05, 0.1) is 17.1 Å². The predicted octanol–water partition coefficient (Wildman–Crippen LogP) is 1.74. The van der Waals surface area contributed by atoms with Gasteiger partial charge in [0.2, 0.25) is 5.91 Å². The van der Waals surface area contributed by atoms with E-state index in [0.29, 0.717) is 38.8 Å². The zero-order valence-corrected chi connectivity index (χ0v) is 14.6. The van der Waals surface area contributed by atoms with Crippen molar-refractivity contribution in [3.63, 3.8) is 0 Å². The molecule has 1 aromatic carbocycles. The lowest BCUT2D eigenvalue weighted by Crippen LogP contribution is -2.51. The van der Waals surface area contributed by atoms with E-state index < -0.39 is 0 Å². The van der Waals surface area contributed by atoms with E-state index >= 15 is 0 Å². The minimum atomic E-state index is -0.323. The molecule has 3 rings (SSSR count). The Bertz CT molecular complexity index is 633. The quantitative estimate of drug-likeness (QED) is 0.845. The third-order valence-corrected chi connectivity index (χ3v) is 4.73. The molecular formula is C16H19Cl2N3O3. The first-order chi connectivity index (χ1) is 11.4. The highest BCUT2D eigenvalue weighted by Crippen LogP contribution is 2.31. The Morgan fingerprint density at radius 1 is 1.17 bits per heavy atom. The summed E-state index contributed by atoms with van der Waals surface area (Å²) in [6.07, 6.45) is 2.14. The number of nitrogens with zero attached hydrogens (tertiary/aromatic N) is 2. The molecule has 0 atom stereocenters. The summed E-state index contributed by atoms with van der Waals surface area (Å²) in [6, 6.07) is 3.10. The Morgan fingerprint density at radius 2 is 1.83 bits per heavy atom. The van der Waals surface area contributed by atoms with E-state index in [1.54, 1.807) is 4.90 Å². The van der Waals surface area contributed by atoms with Crippen LogP contribution in [0.1, 0.15) is 23.2 Å². The minimum Gasteiger partial charge on any atom is -0.507 e. The standard InChI is InChI=1S/C16H19Cl2N3O3/c17-10-7-12(18)15(13(22)8-10)16(24)21-5-3-20(4-6-21)9-14(23)19-11-1-2-11/h7-8,11,22H,1-6,9H2,(H,19,23). The number of rotatable bonds is 4. The van der Waals surface area contributed by atoms with Crippen LogP contribution in [0.5, 0.6) is 5.75 Å². The molecule has 1 aliphatic heterocycles.